The van der Waals surface area contributed by atoms with Crippen LogP contribution in [0.3, 0.4) is 0 Å². The molecule has 0 aliphatic carbocycles. The predicted molar refractivity (Wildman–Crippen MR) is 180 cm³/mol. The Labute approximate surface area is 257 Å². The lowest BCUT2D eigenvalue weighted by atomic mass is 9.91. The smallest absolute Gasteiger partial charge is 0.214 e. The van der Waals surface area contributed by atoms with E-state index in [4.69, 9.17) is 19.1 Å². The van der Waals surface area contributed by atoms with Crippen molar-refractivity contribution in [2.24, 2.45) is 0 Å². The van der Waals surface area contributed by atoms with Crippen molar-refractivity contribution in [2.45, 2.75) is 0 Å². The third kappa shape index (κ3) is 3.38. The number of fused-ring (bicyclic) bond motifs is 11. The molecule has 10 rings (SSSR count). The third-order valence-corrected chi connectivity index (χ3v) is 8.96. The van der Waals surface area contributed by atoms with Crippen LogP contribution < -0.4 is 4.74 Å². The summed E-state index contributed by atoms with van der Waals surface area (Å²) < 4.78 is 15.5. The van der Waals surface area contributed by atoms with Gasteiger partial charge in [0.25, 0.3) is 0 Å². The van der Waals surface area contributed by atoms with Gasteiger partial charge in [0, 0.05) is 39.7 Å². The van der Waals surface area contributed by atoms with E-state index in [-0.39, 0.29) is 0 Å². The number of furan rings is 1. The lowest BCUT2D eigenvalue weighted by Crippen LogP contribution is -2.00. The molecule has 0 radical (unpaired) electrons. The van der Waals surface area contributed by atoms with E-state index in [1.54, 1.807) is 12.4 Å². The maximum absolute atomic E-state index is 6.88. The fourth-order valence-electron chi connectivity index (χ4n) is 7.03. The molecule has 45 heavy (non-hydrogen) atoms. The van der Waals surface area contributed by atoms with Crippen molar-refractivity contribution in [3.05, 3.63) is 140 Å². The van der Waals surface area contributed by atoms with Crippen LogP contribution in [0.25, 0.3) is 82.9 Å². The Morgan fingerprint density at radius 3 is 2.07 bits per heavy atom. The Hall–Kier alpha value is -6.20. The maximum atomic E-state index is 6.88. The molecule has 6 aromatic carbocycles. The Bertz CT molecular complexity index is 2650. The minimum Gasteiger partial charge on any atom is -0.455 e. The normalized spacial score (nSPS) is 12.2. The van der Waals surface area contributed by atoms with Crippen LogP contribution in [0, 0.1) is 0 Å². The number of rotatable bonds is 2. The molecule has 1 aliphatic rings. The zero-order valence-corrected chi connectivity index (χ0v) is 23.9. The highest BCUT2D eigenvalue weighted by Gasteiger charge is 2.30. The van der Waals surface area contributed by atoms with E-state index in [1.807, 2.05) is 36.4 Å². The molecule has 0 saturated heterocycles. The van der Waals surface area contributed by atoms with Crippen LogP contribution in [0.5, 0.6) is 11.6 Å². The van der Waals surface area contributed by atoms with Crippen LogP contribution >= 0.6 is 0 Å². The van der Waals surface area contributed by atoms with Gasteiger partial charge in [-0.3, -0.25) is 9.55 Å². The molecule has 0 amide bonds. The van der Waals surface area contributed by atoms with E-state index in [9.17, 15) is 0 Å². The Morgan fingerprint density at radius 2 is 1.16 bits per heavy atom. The first kappa shape index (κ1) is 24.3. The maximum Gasteiger partial charge on any atom is 0.214 e. The molecular weight excluding hydrogens is 554 g/mol. The summed E-state index contributed by atoms with van der Waals surface area (Å²) in [6.45, 7) is 0. The summed E-state index contributed by atoms with van der Waals surface area (Å²) in [6.07, 6.45) is 3.48. The summed E-state index contributed by atoms with van der Waals surface area (Å²) in [5, 5.41) is 5.59. The minimum atomic E-state index is 0.722. The number of hydrogen-bond acceptors (Lipinski definition) is 4. The van der Waals surface area contributed by atoms with Gasteiger partial charge in [-0.25, -0.2) is 4.98 Å². The van der Waals surface area contributed by atoms with Crippen molar-refractivity contribution in [3.63, 3.8) is 0 Å². The number of ether oxygens (including phenoxy) is 1. The van der Waals surface area contributed by atoms with Crippen LogP contribution in [0.15, 0.2) is 144 Å². The van der Waals surface area contributed by atoms with Crippen molar-refractivity contribution in [1.29, 1.82) is 0 Å². The van der Waals surface area contributed by atoms with Gasteiger partial charge in [0.2, 0.25) is 5.88 Å². The molecule has 0 N–H and O–H groups in total. The standard InChI is InChI=1S/C40H23N3O2/c1-2-11-25-24(10-1)26(29-15-9-16-30-27-12-4-7-18-34(27)44-38(29)30)20-21-28(25)36-31-13-3-6-17-33(31)43-39-37(41-22-23-42-39)32-14-5-8-19-35(32)45-40(36)43/h1-23H. The van der Waals surface area contributed by atoms with Crippen LogP contribution in [-0.4, -0.2) is 14.5 Å². The predicted octanol–water partition coefficient (Wildman–Crippen LogP) is 10.6. The van der Waals surface area contributed by atoms with Gasteiger partial charge in [-0.05, 0) is 46.2 Å². The highest BCUT2D eigenvalue weighted by atomic mass is 16.5. The van der Waals surface area contributed by atoms with Gasteiger partial charge >= 0.3 is 0 Å². The highest BCUT2D eigenvalue weighted by molar-refractivity contribution is 6.16. The van der Waals surface area contributed by atoms with E-state index in [0.717, 1.165) is 94.6 Å². The lowest BCUT2D eigenvalue weighted by Gasteiger charge is -2.14. The molecule has 5 heteroatoms. The molecule has 210 valence electrons. The topological polar surface area (TPSA) is 53.1 Å². The second kappa shape index (κ2) is 9.15. The fourth-order valence-corrected chi connectivity index (χ4v) is 7.03. The SMILES string of the molecule is c1ccc2c(c1)Oc1c(-c3ccc(-c4cccc5c4oc4ccccc45)c4ccccc34)c3ccccc3n1-c1nccnc1-2. The van der Waals surface area contributed by atoms with Gasteiger partial charge < -0.3 is 9.15 Å². The molecule has 3 aromatic heterocycles. The van der Waals surface area contributed by atoms with Crippen LogP contribution in [0.4, 0.5) is 0 Å². The Balaban J connectivity index is 1.28. The fraction of sp³-hybridized carbons (Fsp3) is 0. The first-order valence-corrected chi connectivity index (χ1v) is 15.0. The molecule has 0 saturated carbocycles. The molecule has 9 aromatic rings. The Kier molecular flexibility index (Phi) is 4.93. The molecule has 0 spiro atoms. The second-order valence-electron chi connectivity index (χ2n) is 11.3. The van der Waals surface area contributed by atoms with Crippen molar-refractivity contribution in [3.8, 4) is 51.0 Å². The number of benzene rings is 6. The molecule has 4 heterocycles. The van der Waals surface area contributed by atoms with Gasteiger partial charge in [-0.1, -0.05) is 103 Å². The summed E-state index contributed by atoms with van der Waals surface area (Å²) in [5.74, 6) is 2.22. The number of hydrogen-bond donors (Lipinski definition) is 0. The zero-order chi connectivity index (χ0) is 29.5. The van der Waals surface area contributed by atoms with Gasteiger partial charge in [0.1, 0.15) is 22.6 Å². The summed E-state index contributed by atoms with van der Waals surface area (Å²) in [6, 6.07) is 44.2. The second-order valence-corrected chi connectivity index (χ2v) is 11.3. The van der Waals surface area contributed by atoms with E-state index in [2.05, 4.69) is 95.6 Å². The Morgan fingerprint density at radius 1 is 0.489 bits per heavy atom. The molecular formula is C40H23N3O2. The summed E-state index contributed by atoms with van der Waals surface area (Å²) in [5.41, 5.74) is 8.80. The highest BCUT2D eigenvalue weighted by Crippen LogP contribution is 2.51. The number of nitrogens with zero attached hydrogens (tertiary/aromatic N) is 3. The molecule has 1 aliphatic heterocycles. The first-order chi connectivity index (χ1) is 22.3. The summed E-state index contributed by atoms with van der Waals surface area (Å²) >= 11 is 0. The van der Waals surface area contributed by atoms with Crippen molar-refractivity contribution in [1.82, 2.24) is 14.5 Å². The van der Waals surface area contributed by atoms with Crippen molar-refractivity contribution in [2.75, 3.05) is 0 Å². The van der Waals surface area contributed by atoms with Crippen LogP contribution in [0.2, 0.25) is 0 Å². The average molecular weight is 578 g/mol. The summed E-state index contributed by atoms with van der Waals surface area (Å²) in [4.78, 5) is 9.62. The van der Waals surface area contributed by atoms with E-state index >= 15 is 0 Å². The van der Waals surface area contributed by atoms with E-state index in [0.29, 0.717) is 0 Å². The van der Waals surface area contributed by atoms with Gasteiger partial charge in [-0.2, -0.15) is 0 Å². The minimum absolute atomic E-state index is 0.722. The zero-order valence-electron chi connectivity index (χ0n) is 23.9. The van der Waals surface area contributed by atoms with Gasteiger partial charge in [0.05, 0.1) is 11.1 Å². The van der Waals surface area contributed by atoms with E-state index < -0.39 is 0 Å². The largest absolute Gasteiger partial charge is 0.455 e. The first-order valence-electron chi connectivity index (χ1n) is 15.0. The molecule has 0 bridgehead atoms. The molecule has 0 atom stereocenters. The van der Waals surface area contributed by atoms with Crippen LogP contribution in [0.1, 0.15) is 0 Å². The lowest BCUT2D eigenvalue weighted by molar-refractivity contribution is 0.461. The quantitative estimate of drug-likeness (QED) is 0.205. The van der Waals surface area contributed by atoms with Gasteiger partial charge in [-0.15, -0.1) is 0 Å². The third-order valence-electron chi connectivity index (χ3n) is 8.96. The van der Waals surface area contributed by atoms with Gasteiger partial charge in [0.15, 0.2) is 5.82 Å². The molecule has 0 unspecified atom stereocenters. The number of para-hydroxylation sites is 4. The molecule has 0 fully saturated rings. The summed E-state index contributed by atoms with van der Waals surface area (Å²) in [7, 11) is 0. The number of aromatic nitrogens is 3. The monoisotopic (exact) mass is 577 g/mol. The van der Waals surface area contributed by atoms with Crippen LogP contribution in [-0.2, 0) is 0 Å². The average Bonchev–Trinajstić information content (AvgIpc) is 3.59. The van der Waals surface area contributed by atoms with Crippen molar-refractivity contribution < 1.29 is 9.15 Å². The van der Waals surface area contributed by atoms with E-state index in [1.165, 1.54) is 0 Å². The molecule has 5 nitrogen and oxygen atoms in total. The van der Waals surface area contributed by atoms with Crippen molar-refractivity contribution >= 4 is 43.6 Å².